The van der Waals surface area contributed by atoms with Crippen molar-refractivity contribution in [3.8, 4) is 0 Å². The molecule has 1 aromatic heterocycles. The number of ketones is 1. The van der Waals surface area contributed by atoms with Crippen LogP contribution in [-0.2, 0) is 7.05 Å². The SMILES string of the molecule is Cn1ccc(C(=O)C2CSCCN2)n1. The predicted molar refractivity (Wildman–Crippen MR) is 56.7 cm³/mol. The molecular weight excluding hydrogens is 198 g/mol. The number of nitrogens with one attached hydrogen (secondary N) is 1. The molecule has 1 unspecified atom stereocenters. The molecule has 0 aromatic carbocycles. The van der Waals surface area contributed by atoms with Gasteiger partial charge in [-0.05, 0) is 6.07 Å². The van der Waals surface area contributed by atoms with Crippen molar-refractivity contribution in [1.29, 1.82) is 0 Å². The van der Waals surface area contributed by atoms with Crippen LogP contribution in [-0.4, -0.2) is 39.7 Å². The first-order valence-electron chi connectivity index (χ1n) is 4.62. The smallest absolute Gasteiger partial charge is 0.200 e. The van der Waals surface area contributed by atoms with Crippen LogP contribution in [0.15, 0.2) is 12.3 Å². The van der Waals surface area contributed by atoms with Crippen molar-refractivity contribution in [1.82, 2.24) is 15.1 Å². The average molecular weight is 211 g/mol. The Kier molecular flexibility index (Phi) is 2.88. The first-order valence-corrected chi connectivity index (χ1v) is 5.78. The Morgan fingerprint density at radius 3 is 3.21 bits per heavy atom. The fourth-order valence-electron chi connectivity index (χ4n) is 1.46. The van der Waals surface area contributed by atoms with Crippen molar-refractivity contribution in [2.24, 2.45) is 7.05 Å². The quantitative estimate of drug-likeness (QED) is 0.715. The van der Waals surface area contributed by atoms with E-state index < -0.39 is 0 Å². The number of Topliss-reactive ketones (excluding diaryl/α,β-unsaturated/α-hetero) is 1. The van der Waals surface area contributed by atoms with E-state index in [0.29, 0.717) is 5.69 Å². The Balaban J connectivity index is 2.07. The van der Waals surface area contributed by atoms with Crippen molar-refractivity contribution < 1.29 is 4.79 Å². The fourth-order valence-corrected chi connectivity index (χ4v) is 2.39. The topological polar surface area (TPSA) is 46.9 Å². The van der Waals surface area contributed by atoms with Crippen LogP contribution in [0.5, 0.6) is 0 Å². The molecule has 1 N–H and O–H groups in total. The Morgan fingerprint density at radius 2 is 2.64 bits per heavy atom. The van der Waals surface area contributed by atoms with Gasteiger partial charge in [-0.2, -0.15) is 16.9 Å². The molecule has 0 radical (unpaired) electrons. The van der Waals surface area contributed by atoms with Gasteiger partial charge in [0.15, 0.2) is 0 Å². The minimum atomic E-state index is -0.0522. The second-order valence-corrected chi connectivity index (χ2v) is 4.47. The van der Waals surface area contributed by atoms with E-state index >= 15 is 0 Å². The highest BCUT2D eigenvalue weighted by Gasteiger charge is 2.23. The Bertz CT molecular complexity index is 331. The molecule has 1 atom stereocenters. The molecule has 0 aliphatic carbocycles. The van der Waals surface area contributed by atoms with Gasteiger partial charge in [0, 0.05) is 31.3 Å². The lowest BCUT2D eigenvalue weighted by Gasteiger charge is -2.20. The molecule has 2 rings (SSSR count). The largest absolute Gasteiger partial charge is 0.306 e. The lowest BCUT2D eigenvalue weighted by molar-refractivity contribution is 0.0947. The molecular formula is C9H13N3OS. The molecule has 1 fully saturated rings. The van der Waals surface area contributed by atoms with Gasteiger partial charge in [-0.15, -0.1) is 0 Å². The molecule has 5 heteroatoms. The summed E-state index contributed by atoms with van der Waals surface area (Å²) in [7, 11) is 1.82. The molecule has 1 aromatic rings. The van der Waals surface area contributed by atoms with Gasteiger partial charge in [0.1, 0.15) is 5.69 Å². The van der Waals surface area contributed by atoms with Crippen LogP contribution < -0.4 is 5.32 Å². The van der Waals surface area contributed by atoms with Gasteiger partial charge in [0.2, 0.25) is 5.78 Å². The summed E-state index contributed by atoms with van der Waals surface area (Å²) in [5, 5.41) is 7.31. The van der Waals surface area contributed by atoms with E-state index in [1.807, 2.05) is 18.8 Å². The van der Waals surface area contributed by atoms with Crippen molar-refractivity contribution >= 4 is 17.5 Å². The summed E-state index contributed by atoms with van der Waals surface area (Å²) < 4.78 is 1.66. The minimum Gasteiger partial charge on any atom is -0.306 e. The van der Waals surface area contributed by atoms with Crippen LogP contribution in [0.1, 0.15) is 10.5 Å². The highest BCUT2D eigenvalue weighted by molar-refractivity contribution is 7.99. The maximum absolute atomic E-state index is 11.9. The molecule has 4 nitrogen and oxygen atoms in total. The van der Waals surface area contributed by atoms with Crippen LogP contribution in [0, 0.1) is 0 Å². The summed E-state index contributed by atoms with van der Waals surface area (Å²) in [5.74, 6) is 2.05. The van der Waals surface area contributed by atoms with Gasteiger partial charge in [-0.25, -0.2) is 0 Å². The second kappa shape index (κ2) is 4.14. The number of carbonyl (C=O) groups is 1. The molecule has 1 aliphatic rings. The highest BCUT2D eigenvalue weighted by Crippen LogP contribution is 2.11. The third kappa shape index (κ3) is 1.99. The summed E-state index contributed by atoms with van der Waals surface area (Å²) in [5.41, 5.74) is 0.563. The van der Waals surface area contributed by atoms with Gasteiger partial charge < -0.3 is 5.32 Å². The third-order valence-corrected chi connectivity index (χ3v) is 3.27. The number of thioether (sulfide) groups is 1. The van der Waals surface area contributed by atoms with Gasteiger partial charge in [-0.1, -0.05) is 0 Å². The number of rotatable bonds is 2. The Hall–Kier alpha value is -0.810. The summed E-state index contributed by atoms with van der Waals surface area (Å²) in [6, 6.07) is 1.71. The van der Waals surface area contributed by atoms with Gasteiger partial charge in [0.05, 0.1) is 6.04 Å². The lowest BCUT2D eigenvalue weighted by Crippen LogP contribution is -2.43. The second-order valence-electron chi connectivity index (χ2n) is 3.32. The lowest BCUT2D eigenvalue weighted by atomic mass is 10.1. The van der Waals surface area contributed by atoms with Crippen LogP contribution in [0.3, 0.4) is 0 Å². The molecule has 76 valence electrons. The maximum atomic E-state index is 11.9. The summed E-state index contributed by atoms with van der Waals surface area (Å²) in [6.45, 7) is 0.911. The number of hydrogen-bond donors (Lipinski definition) is 1. The minimum absolute atomic E-state index is 0.0522. The molecule has 0 amide bonds. The first kappa shape index (κ1) is 9.73. The van der Waals surface area contributed by atoms with E-state index in [2.05, 4.69) is 10.4 Å². The molecule has 0 spiro atoms. The zero-order valence-electron chi connectivity index (χ0n) is 8.06. The number of nitrogens with zero attached hydrogens (tertiary/aromatic N) is 2. The van der Waals surface area contributed by atoms with Crippen LogP contribution in [0.4, 0.5) is 0 Å². The number of carbonyl (C=O) groups excluding carboxylic acids is 1. The zero-order valence-corrected chi connectivity index (χ0v) is 8.88. The maximum Gasteiger partial charge on any atom is 0.200 e. The van der Waals surface area contributed by atoms with E-state index in [4.69, 9.17) is 0 Å². The van der Waals surface area contributed by atoms with Gasteiger partial charge >= 0.3 is 0 Å². The van der Waals surface area contributed by atoms with E-state index in [1.54, 1.807) is 16.9 Å². The van der Waals surface area contributed by atoms with Crippen LogP contribution >= 0.6 is 11.8 Å². The molecule has 1 saturated heterocycles. The van der Waals surface area contributed by atoms with Gasteiger partial charge in [-0.3, -0.25) is 9.48 Å². The van der Waals surface area contributed by atoms with Crippen molar-refractivity contribution in [2.45, 2.75) is 6.04 Å². The summed E-state index contributed by atoms with van der Waals surface area (Å²) in [4.78, 5) is 11.9. The monoisotopic (exact) mass is 211 g/mol. The van der Waals surface area contributed by atoms with Crippen molar-refractivity contribution in [3.05, 3.63) is 18.0 Å². The van der Waals surface area contributed by atoms with Crippen LogP contribution in [0.2, 0.25) is 0 Å². The third-order valence-electron chi connectivity index (χ3n) is 2.20. The number of aromatic nitrogens is 2. The van der Waals surface area contributed by atoms with E-state index in [1.165, 1.54) is 0 Å². The molecule has 2 heterocycles. The normalized spacial score (nSPS) is 22.2. The number of aryl methyl sites for hydroxylation is 1. The zero-order chi connectivity index (χ0) is 9.97. The average Bonchev–Trinajstić information content (AvgIpc) is 2.65. The summed E-state index contributed by atoms with van der Waals surface area (Å²) >= 11 is 1.81. The van der Waals surface area contributed by atoms with Crippen LogP contribution in [0.25, 0.3) is 0 Å². The summed E-state index contributed by atoms with van der Waals surface area (Å²) in [6.07, 6.45) is 1.79. The molecule has 14 heavy (non-hydrogen) atoms. The van der Waals surface area contributed by atoms with Crippen molar-refractivity contribution in [2.75, 3.05) is 18.1 Å². The molecule has 0 bridgehead atoms. The van der Waals surface area contributed by atoms with E-state index in [9.17, 15) is 4.79 Å². The van der Waals surface area contributed by atoms with E-state index in [0.717, 1.165) is 18.1 Å². The first-order chi connectivity index (χ1) is 6.77. The fraction of sp³-hybridized carbons (Fsp3) is 0.556. The van der Waals surface area contributed by atoms with Gasteiger partial charge in [0.25, 0.3) is 0 Å². The Morgan fingerprint density at radius 1 is 1.79 bits per heavy atom. The predicted octanol–water partition coefficient (Wildman–Crippen LogP) is 0.308. The Labute approximate surface area is 87.1 Å². The highest BCUT2D eigenvalue weighted by atomic mass is 32.2. The molecule has 0 saturated carbocycles. The standard InChI is InChI=1S/C9H13N3OS/c1-12-4-2-7(11-12)9(13)8-6-14-5-3-10-8/h2,4,8,10H,3,5-6H2,1H3. The number of hydrogen-bond acceptors (Lipinski definition) is 4. The van der Waals surface area contributed by atoms with E-state index in [-0.39, 0.29) is 11.8 Å². The van der Waals surface area contributed by atoms with Crippen molar-refractivity contribution in [3.63, 3.8) is 0 Å². The molecule has 1 aliphatic heterocycles.